The number of imidazole rings is 1. The van der Waals surface area contributed by atoms with Gasteiger partial charge in [-0.25, -0.2) is 4.98 Å². The summed E-state index contributed by atoms with van der Waals surface area (Å²) >= 11 is 0. The van der Waals surface area contributed by atoms with Gasteiger partial charge in [-0.1, -0.05) is 62.6 Å². The van der Waals surface area contributed by atoms with E-state index in [4.69, 9.17) is 4.98 Å². The predicted molar refractivity (Wildman–Crippen MR) is 148 cm³/mol. The highest BCUT2D eigenvalue weighted by Gasteiger charge is 2.21. The number of nitrogens with one attached hydrogen (secondary N) is 1. The zero-order valence-corrected chi connectivity index (χ0v) is 22.3. The number of aromatic nitrogens is 2. The Morgan fingerprint density at radius 3 is 2.71 bits per heavy atom. The van der Waals surface area contributed by atoms with E-state index in [1.54, 1.807) is 13.0 Å². The highest BCUT2D eigenvalue weighted by atomic mass is 16.3. The molecule has 0 saturated carbocycles. The molecule has 2 atom stereocenters. The largest absolute Gasteiger partial charge is 0.394 e. The van der Waals surface area contributed by atoms with Gasteiger partial charge < -0.3 is 19.9 Å². The van der Waals surface area contributed by atoms with Gasteiger partial charge in [0.25, 0.3) is 5.91 Å². The summed E-state index contributed by atoms with van der Waals surface area (Å²) in [5.41, 5.74) is 3.65. The Morgan fingerprint density at radius 2 is 2.06 bits per heavy atom. The van der Waals surface area contributed by atoms with Crippen molar-refractivity contribution in [2.75, 3.05) is 24.6 Å². The molecule has 35 heavy (non-hydrogen) atoms. The highest BCUT2D eigenvalue weighted by molar-refractivity contribution is 5.98. The van der Waals surface area contributed by atoms with Gasteiger partial charge in [0.2, 0.25) is 5.95 Å². The first kappa shape index (κ1) is 28.4. The molecular weight excluding hydrogens is 436 g/mol. The lowest BCUT2D eigenvalue weighted by Crippen LogP contribution is -2.34. The molecule has 0 aliphatic heterocycles. The summed E-state index contributed by atoms with van der Waals surface area (Å²) in [5, 5.41) is 12.1. The lowest BCUT2D eigenvalue weighted by molar-refractivity contribution is 0.0922. The number of rotatable bonds is 15. The zero-order chi connectivity index (χ0) is 25.8. The molecule has 2 aromatic rings. The Morgan fingerprint density at radius 1 is 1.29 bits per heavy atom. The van der Waals surface area contributed by atoms with Crippen molar-refractivity contribution >= 4 is 22.9 Å². The molecule has 6 heteroatoms. The maximum Gasteiger partial charge on any atom is 0.251 e. The van der Waals surface area contributed by atoms with Crippen LogP contribution in [0.5, 0.6) is 0 Å². The molecule has 1 aromatic heterocycles. The minimum atomic E-state index is -0.293. The van der Waals surface area contributed by atoms with Crippen LogP contribution >= 0.6 is 0 Å². The summed E-state index contributed by atoms with van der Waals surface area (Å²) in [6, 6.07) is 5.75. The van der Waals surface area contributed by atoms with Crippen molar-refractivity contribution in [3.05, 3.63) is 60.2 Å². The lowest BCUT2D eigenvalue weighted by Gasteiger charge is -2.26. The molecule has 1 amide bonds. The van der Waals surface area contributed by atoms with Crippen LogP contribution < -0.4 is 10.2 Å². The Kier molecular flexibility index (Phi) is 11.8. The Labute approximate surface area is 211 Å². The smallest absolute Gasteiger partial charge is 0.251 e. The fraction of sp³-hybridized carbons (Fsp3) is 0.517. The van der Waals surface area contributed by atoms with E-state index >= 15 is 0 Å². The van der Waals surface area contributed by atoms with Crippen LogP contribution in [0.2, 0.25) is 0 Å². The topological polar surface area (TPSA) is 70.4 Å². The van der Waals surface area contributed by atoms with Crippen molar-refractivity contribution in [2.24, 2.45) is 0 Å². The molecule has 2 rings (SSSR count). The number of aliphatic hydroxyl groups excluding tert-OH is 1. The number of carbonyl (C=O) groups excluding carboxylic acids is 1. The average Bonchev–Trinajstić information content (AvgIpc) is 3.23. The fourth-order valence-corrected chi connectivity index (χ4v) is 4.19. The number of carbonyl (C=O) groups is 1. The maximum atomic E-state index is 12.6. The molecule has 0 saturated heterocycles. The summed E-state index contributed by atoms with van der Waals surface area (Å²) in [6.07, 6.45) is 13.7. The third-order valence-corrected chi connectivity index (χ3v) is 6.28. The van der Waals surface area contributed by atoms with Crippen LogP contribution in [-0.4, -0.2) is 46.3 Å². The summed E-state index contributed by atoms with van der Waals surface area (Å²) in [5.74, 6) is 0.765. The number of aliphatic hydroxyl groups is 1. The molecule has 1 heterocycles. The van der Waals surface area contributed by atoms with Gasteiger partial charge in [-0.05, 0) is 58.7 Å². The molecule has 0 bridgehead atoms. The molecule has 6 nitrogen and oxygen atoms in total. The normalized spacial score (nSPS) is 13.8. The van der Waals surface area contributed by atoms with E-state index in [9.17, 15) is 9.90 Å². The molecule has 1 aromatic carbocycles. The van der Waals surface area contributed by atoms with Crippen LogP contribution in [-0.2, 0) is 0 Å². The van der Waals surface area contributed by atoms with Gasteiger partial charge in [0, 0.05) is 30.7 Å². The second kappa shape index (κ2) is 14.5. The summed E-state index contributed by atoms with van der Waals surface area (Å²) in [7, 11) is 0. The summed E-state index contributed by atoms with van der Waals surface area (Å²) < 4.78 is 2.35. The molecule has 0 aliphatic rings. The van der Waals surface area contributed by atoms with Crippen LogP contribution in [0.25, 0.3) is 11.0 Å². The van der Waals surface area contributed by atoms with Crippen molar-refractivity contribution in [3.63, 3.8) is 0 Å². The van der Waals surface area contributed by atoms with Crippen LogP contribution in [0, 0.1) is 0 Å². The minimum absolute atomic E-state index is 0.0925. The number of unbranched alkanes of at least 4 members (excludes halogenated alkanes) is 2. The number of benzene rings is 1. The summed E-state index contributed by atoms with van der Waals surface area (Å²) in [6.45, 7) is 15.9. The predicted octanol–water partition coefficient (Wildman–Crippen LogP) is 6.19. The number of hydrogen-bond acceptors (Lipinski definition) is 4. The Hall–Kier alpha value is -2.86. The number of allylic oxidation sites excluding steroid dienone is 4. The number of hydrogen-bond donors (Lipinski definition) is 2. The van der Waals surface area contributed by atoms with E-state index in [1.807, 2.05) is 24.3 Å². The van der Waals surface area contributed by atoms with Crippen molar-refractivity contribution in [3.8, 4) is 0 Å². The maximum absolute atomic E-state index is 12.6. The third-order valence-electron chi connectivity index (χ3n) is 6.28. The zero-order valence-electron chi connectivity index (χ0n) is 22.3. The first-order valence-electron chi connectivity index (χ1n) is 13.0. The van der Waals surface area contributed by atoms with Gasteiger partial charge in [-0.2, -0.15) is 0 Å². The van der Waals surface area contributed by atoms with Crippen molar-refractivity contribution < 1.29 is 9.90 Å². The minimum Gasteiger partial charge on any atom is -0.394 e. The van der Waals surface area contributed by atoms with Gasteiger partial charge >= 0.3 is 0 Å². The molecule has 0 fully saturated rings. The van der Waals surface area contributed by atoms with E-state index in [2.05, 4.69) is 61.2 Å². The molecule has 192 valence electrons. The second-order valence-electron chi connectivity index (χ2n) is 9.30. The number of fused-ring (bicyclic) bond motifs is 1. The quantitative estimate of drug-likeness (QED) is 0.235. The summed E-state index contributed by atoms with van der Waals surface area (Å²) in [4.78, 5) is 20.0. The van der Waals surface area contributed by atoms with E-state index in [1.165, 1.54) is 24.8 Å². The number of amides is 1. The van der Waals surface area contributed by atoms with Crippen LogP contribution in [0.3, 0.4) is 0 Å². The van der Waals surface area contributed by atoms with Gasteiger partial charge in [-0.15, -0.1) is 0 Å². The van der Waals surface area contributed by atoms with E-state index < -0.39 is 0 Å². The van der Waals surface area contributed by atoms with Crippen molar-refractivity contribution in [1.29, 1.82) is 0 Å². The van der Waals surface area contributed by atoms with Crippen molar-refractivity contribution in [2.45, 2.75) is 78.8 Å². The monoisotopic (exact) mass is 480 g/mol. The fourth-order valence-electron chi connectivity index (χ4n) is 4.19. The molecular formula is C29H44N4O2. The van der Waals surface area contributed by atoms with Crippen LogP contribution in [0.1, 0.15) is 83.1 Å². The lowest BCUT2D eigenvalue weighted by atomic mass is 10.1. The van der Waals surface area contributed by atoms with Gasteiger partial charge in [0.05, 0.1) is 17.6 Å². The molecule has 2 unspecified atom stereocenters. The number of nitrogens with zero attached hydrogens (tertiary/aromatic N) is 3. The highest BCUT2D eigenvalue weighted by Crippen LogP contribution is 2.30. The SMILES string of the molecule is C=C/C=C\C(C)=C/CCN(CC)c1nc2cc(C(=O)NC(C)CO)ccc2n1C(C)CCCCC. The second-order valence-corrected chi connectivity index (χ2v) is 9.30. The first-order valence-corrected chi connectivity index (χ1v) is 13.0. The van der Waals surface area contributed by atoms with Gasteiger partial charge in [0.1, 0.15) is 0 Å². The van der Waals surface area contributed by atoms with Gasteiger partial charge in [-0.3, -0.25) is 4.79 Å². The average molecular weight is 481 g/mol. The van der Waals surface area contributed by atoms with Crippen LogP contribution in [0.4, 0.5) is 5.95 Å². The molecule has 0 aliphatic carbocycles. The molecule has 0 radical (unpaired) electrons. The third kappa shape index (κ3) is 8.10. The van der Waals surface area contributed by atoms with Crippen molar-refractivity contribution in [1.82, 2.24) is 14.9 Å². The van der Waals surface area contributed by atoms with E-state index in [-0.39, 0.29) is 18.6 Å². The molecule has 2 N–H and O–H groups in total. The Bertz CT molecular complexity index is 1020. The van der Waals surface area contributed by atoms with Crippen LogP contribution in [0.15, 0.2) is 54.7 Å². The number of anilines is 1. The van der Waals surface area contributed by atoms with E-state index in [0.29, 0.717) is 11.6 Å². The standard InChI is InChI=1S/C29H44N4O2/c1-7-10-12-16-24(6)33-27-18-17-25(28(35)30-23(5)21-34)20-26(27)31-29(33)32(9-3)19-13-15-22(4)14-11-8-2/h8,11,14-15,17-18,20,23-24,34H,2,7,9-10,12-13,16,19,21H2,1,3-6H3,(H,30,35)/b14-11-,22-15-. The van der Waals surface area contributed by atoms with Gasteiger partial charge in [0.15, 0.2) is 0 Å². The van der Waals surface area contributed by atoms with E-state index in [0.717, 1.165) is 42.9 Å². The molecule has 0 spiro atoms. The first-order chi connectivity index (χ1) is 16.9. The Balaban J connectivity index is 2.41.